The SMILES string of the molecule is O=C1OC2(CCN(C(=O)C3(c4ccccc4F)CCOCC3)C2)CN1CCc1ccccc1. The molecule has 174 valence electrons. The first-order valence-corrected chi connectivity index (χ1v) is 11.7. The highest BCUT2D eigenvalue weighted by Crippen LogP contribution is 2.41. The number of amides is 2. The minimum absolute atomic E-state index is 0.0911. The smallest absolute Gasteiger partial charge is 0.410 e. The number of hydrogen-bond donors (Lipinski definition) is 0. The van der Waals surface area contributed by atoms with Crippen molar-refractivity contribution in [1.82, 2.24) is 9.80 Å². The van der Waals surface area contributed by atoms with Crippen molar-refractivity contribution in [2.45, 2.75) is 36.7 Å². The minimum Gasteiger partial charge on any atom is -0.439 e. The molecule has 5 rings (SSSR count). The first-order chi connectivity index (χ1) is 16.0. The fourth-order valence-corrected chi connectivity index (χ4v) is 5.47. The largest absolute Gasteiger partial charge is 0.439 e. The average molecular weight is 453 g/mol. The molecule has 7 heteroatoms. The standard InChI is InChI=1S/C26H29FN2O4/c27-22-9-5-4-8-21(22)26(12-16-32-17-13-26)23(30)28-15-11-25(18-28)19-29(24(31)33-25)14-10-20-6-2-1-3-7-20/h1-9H,10-19H2. The second kappa shape index (κ2) is 8.78. The molecule has 2 aromatic rings. The molecular formula is C26H29FN2O4. The van der Waals surface area contributed by atoms with Gasteiger partial charge in [0.05, 0.1) is 18.5 Å². The normalized spacial score (nSPS) is 24.3. The number of benzene rings is 2. The number of ether oxygens (including phenoxy) is 2. The molecule has 33 heavy (non-hydrogen) atoms. The van der Waals surface area contributed by atoms with Crippen LogP contribution in [0.25, 0.3) is 0 Å². The number of rotatable bonds is 5. The summed E-state index contributed by atoms with van der Waals surface area (Å²) in [7, 11) is 0. The lowest BCUT2D eigenvalue weighted by atomic mass is 9.72. The van der Waals surface area contributed by atoms with E-state index in [-0.39, 0.29) is 17.8 Å². The van der Waals surface area contributed by atoms with Gasteiger partial charge in [0.25, 0.3) is 0 Å². The van der Waals surface area contributed by atoms with E-state index in [1.54, 1.807) is 28.0 Å². The quantitative estimate of drug-likeness (QED) is 0.696. The van der Waals surface area contributed by atoms with Crippen molar-refractivity contribution in [3.63, 3.8) is 0 Å². The predicted molar refractivity (Wildman–Crippen MR) is 120 cm³/mol. The predicted octanol–water partition coefficient (Wildman–Crippen LogP) is 3.54. The summed E-state index contributed by atoms with van der Waals surface area (Å²) < 4.78 is 26.2. The Morgan fingerprint density at radius 3 is 2.45 bits per heavy atom. The van der Waals surface area contributed by atoms with Gasteiger partial charge in [-0.3, -0.25) is 4.79 Å². The molecule has 3 fully saturated rings. The van der Waals surface area contributed by atoms with Gasteiger partial charge in [-0.05, 0) is 30.9 Å². The van der Waals surface area contributed by atoms with Gasteiger partial charge >= 0.3 is 6.09 Å². The van der Waals surface area contributed by atoms with Gasteiger partial charge in [-0.15, -0.1) is 0 Å². The molecule has 2 aromatic carbocycles. The van der Waals surface area contributed by atoms with Gasteiger partial charge in [-0.25, -0.2) is 9.18 Å². The lowest BCUT2D eigenvalue weighted by Gasteiger charge is -2.39. The molecule has 3 aliphatic heterocycles. The van der Waals surface area contributed by atoms with Gasteiger partial charge in [0.1, 0.15) is 5.82 Å². The maximum atomic E-state index is 14.8. The molecule has 3 aliphatic rings. The third-order valence-electron chi connectivity index (χ3n) is 7.30. The van der Waals surface area contributed by atoms with Crippen molar-refractivity contribution in [3.8, 4) is 0 Å². The van der Waals surface area contributed by atoms with Crippen molar-refractivity contribution in [2.75, 3.05) is 39.4 Å². The van der Waals surface area contributed by atoms with E-state index in [4.69, 9.17) is 9.47 Å². The van der Waals surface area contributed by atoms with E-state index in [1.165, 1.54) is 11.6 Å². The molecule has 1 spiro atoms. The zero-order valence-corrected chi connectivity index (χ0v) is 18.7. The third-order valence-corrected chi connectivity index (χ3v) is 7.30. The van der Waals surface area contributed by atoms with Crippen LogP contribution in [-0.2, 0) is 26.1 Å². The average Bonchev–Trinajstić information content (AvgIpc) is 3.40. The summed E-state index contributed by atoms with van der Waals surface area (Å²) in [4.78, 5) is 29.9. The molecule has 0 aliphatic carbocycles. The second-order valence-corrected chi connectivity index (χ2v) is 9.36. The summed E-state index contributed by atoms with van der Waals surface area (Å²) >= 11 is 0. The molecule has 0 saturated carbocycles. The van der Waals surface area contributed by atoms with E-state index in [0.717, 1.165) is 6.42 Å². The Balaban J connectivity index is 1.30. The molecule has 0 N–H and O–H groups in total. The van der Waals surface area contributed by atoms with Gasteiger partial charge in [-0.1, -0.05) is 48.5 Å². The van der Waals surface area contributed by atoms with Crippen LogP contribution >= 0.6 is 0 Å². The van der Waals surface area contributed by atoms with Crippen LogP contribution in [0.2, 0.25) is 0 Å². The lowest BCUT2D eigenvalue weighted by Crippen LogP contribution is -2.51. The molecule has 1 unspecified atom stereocenters. The fraction of sp³-hybridized carbons (Fsp3) is 0.462. The van der Waals surface area contributed by atoms with Gasteiger partial charge in [0.15, 0.2) is 5.60 Å². The Hall–Kier alpha value is -2.93. The summed E-state index contributed by atoms with van der Waals surface area (Å²) in [5.41, 5.74) is -0.0246. The molecular weight excluding hydrogens is 423 g/mol. The number of halogens is 1. The van der Waals surface area contributed by atoms with Crippen LogP contribution in [0.3, 0.4) is 0 Å². The molecule has 2 amide bonds. The highest BCUT2D eigenvalue weighted by Gasteiger charge is 2.54. The van der Waals surface area contributed by atoms with Gasteiger partial charge in [-0.2, -0.15) is 0 Å². The Morgan fingerprint density at radius 2 is 1.70 bits per heavy atom. The van der Waals surface area contributed by atoms with Crippen LogP contribution in [0.4, 0.5) is 9.18 Å². The van der Waals surface area contributed by atoms with Crippen LogP contribution in [-0.4, -0.2) is 66.8 Å². The van der Waals surface area contributed by atoms with E-state index in [9.17, 15) is 14.0 Å². The van der Waals surface area contributed by atoms with Crippen molar-refractivity contribution in [2.24, 2.45) is 0 Å². The number of carbonyl (C=O) groups is 2. The van der Waals surface area contributed by atoms with Crippen LogP contribution in [0.5, 0.6) is 0 Å². The summed E-state index contributed by atoms with van der Waals surface area (Å²) in [5, 5.41) is 0. The van der Waals surface area contributed by atoms with Gasteiger partial charge in [0, 0.05) is 38.3 Å². The molecule has 6 nitrogen and oxygen atoms in total. The maximum Gasteiger partial charge on any atom is 0.410 e. The number of likely N-dealkylation sites (tertiary alicyclic amines) is 1. The van der Waals surface area contributed by atoms with E-state index < -0.39 is 11.0 Å². The highest BCUT2D eigenvalue weighted by atomic mass is 19.1. The maximum absolute atomic E-state index is 14.8. The molecule has 0 bridgehead atoms. The summed E-state index contributed by atoms with van der Waals surface area (Å²) in [5.74, 6) is -0.451. The minimum atomic E-state index is -0.940. The van der Waals surface area contributed by atoms with Gasteiger partial charge < -0.3 is 19.3 Å². The summed E-state index contributed by atoms with van der Waals surface area (Å²) in [6.07, 6.45) is 1.91. The molecule has 0 aromatic heterocycles. The molecule has 0 radical (unpaired) electrons. The van der Waals surface area contributed by atoms with Crippen LogP contribution in [0, 0.1) is 5.82 Å². The lowest BCUT2D eigenvalue weighted by molar-refractivity contribution is -0.141. The fourth-order valence-electron chi connectivity index (χ4n) is 5.47. The monoisotopic (exact) mass is 452 g/mol. The van der Waals surface area contributed by atoms with E-state index in [2.05, 4.69) is 0 Å². The van der Waals surface area contributed by atoms with Crippen LogP contribution < -0.4 is 0 Å². The topological polar surface area (TPSA) is 59.1 Å². The van der Waals surface area contributed by atoms with Crippen molar-refractivity contribution < 1.29 is 23.5 Å². The van der Waals surface area contributed by atoms with Crippen molar-refractivity contribution in [1.29, 1.82) is 0 Å². The highest BCUT2D eigenvalue weighted by molar-refractivity contribution is 5.89. The van der Waals surface area contributed by atoms with E-state index in [1.807, 2.05) is 30.3 Å². The Kier molecular flexibility index (Phi) is 5.83. The zero-order chi connectivity index (χ0) is 22.9. The zero-order valence-electron chi connectivity index (χ0n) is 18.7. The number of hydrogen-bond acceptors (Lipinski definition) is 4. The van der Waals surface area contributed by atoms with Crippen molar-refractivity contribution >= 4 is 12.0 Å². The first kappa shape index (κ1) is 21.9. The summed E-state index contributed by atoms with van der Waals surface area (Å²) in [6, 6.07) is 16.6. The number of nitrogens with zero attached hydrogens (tertiary/aromatic N) is 2. The molecule has 3 heterocycles. The number of carbonyl (C=O) groups excluding carboxylic acids is 2. The molecule has 1 atom stereocenters. The Bertz CT molecular complexity index is 1020. The Morgan fingerprint density at radius 1 is 0.970 bits per heavy atom. The second-order valence-electron chi connectivity index (χ2n) is 9.36. The van der Waals surface area contributed by atoms with E-state index in [0.29, 0.717) is 64.2 Å². The van der Waals surface area contributed by atoms with Crippen molar-refractivity contribution in [3.05, 3.63) is 71.5 Å². The van der Waals surface area contributed by atoms with Crippen LogP contribution in [0.1, 0.15) is 30.4 Å². The summed E-state index contributed by atoms with van der Waals surface area (Å²) in [6.45, 7) is 2.72. The Labute approximate surface area is 193 Å². The van der Waals surface area contributed by atoms with E-state index >= 15 is 0 Å². The van der Waals surface area contributed by atoms with Crippen LogP contribution in [0.15, 0.2) is 54.6 Å². The molecule has 3 saturated heterocycles. The van der Waals surface area contributed by atoms with Gasteiger partial charge in [0.2, 0.25) is 5.91 Å². The first-order valence-electron chi connectivity index (χ1n) is 11.7. The third kappa shape index (κ3) is 4.10.